The number of carbonyl (C=O) groups is 1. The molecule has 3 aromatic carbocycles. The lowest BCUT2D eigenvalue weighted by Crippen LogP contribution is -2.45. The van der Waals surface area contributed by atoms with Crippen molar-refractivity contribution in [3.63, 3.8) is 0 Å². The van der Waals surface area contributed by atoms with Gasteiger partial charge in [-0.2, -0.15) is 9.90 Å². The molecule has 0 saturated carbocycles. The molecule has 4 aromatic rings. The van der Waals surface area contributed by atoms with E-state index in [4.69, 9.17) is 14.6 Å². The predicted octanol–water partition coefficient (Wildman–Crippen LogP) is 4.74. The first-order chi connectivity index (χ1) is 19.1. The van der Waals surface area contributed by atoms with Crippen LogP contribution in [0.4, 0.5) is 5.69 Å². The Morgan fingerprint density at radius 1 is 0.846 bits per heavy atom. The smallest absolute Gasteiger partial charge is 0.251 e. The second kappa shape index (κ2) is 10.5. The molecule has 2 heterocycles. The van der Waals surface area contributed by atoms with Crippen LogP contribution in [-0.4, -0.2) is 46.0 Å². The van der Waals surface area contributed by atoms with Crippen molar-refractivity contribution in [2.75, 3.05) is 19.2 Å². The summed E-state index contributed by atoms with van der Waals surface area (Å²) >= 11 is 0. The first kappa shape index (κ1) is 24.5. The van der Waals surface area contributed by atoms with Gasteiger partial charge in [-0.15, -0.1) is 10.2 Å². The third-order valence-electron chi connectivity index (χ3n) is 7.19. The van der Waals surface area contributed by atoms with E-state index in [1.807, 2.05) is 72.8 Å². The standard InChI is InChI=1S/C30H28N6O3/c1-38-26-17-14-22(18-27(26)39-2)28-24-10-6-7-11-25(24)30(37)36(32-28)23-15-12-21(13-16-23)29-31-34-35(33-29)19-20-8-4-3-5-9-20/h3-9,12-18,24-25H,10-11,19H2,1-2H3/t24-,25+/m1/s1. The van der Waals surface area contributed by atoms with Crippen molar-refractivity contribution in [1.82, 2.24) is 20.2 Å². The van der Waals surface area contributed by atoms with Crippen molar-refractivity contribution < 1.29 is 14.3 Å². The highest BCUT2D eigenvalue weighted by Gasteiger charge is 2.40. The maximum absolute atomic E-state index is 13.6. The van der Waals surface area contributed by atoms with Gasteiger partial charge >= 0.3 is 0 Å². The summed E-state index contributed by atoms with van der Waals surface area (Å²) < 4.78 is 10.9. The number of aromatic nitrogens is 4. The van der Waals surface area contributed by atoms with E-state index in [1.54, 1.807) is 19.0 Å². The van der Waals surface area contributed by atoms with E-state index in [2.05, 4.69) is 27.6 Å². The molecule has 9 nitrogen and oxygen atoms in total. The minimum absolute atomic E-state index is 0.0000206. The molecule has 2 aliphatic rings. The number of hydrogen-bond acceptors (Lipinski definition) is 7. The van der Waals surface area contributed by atoms with E-state index in [-0.39, 0.29) is 17.7 Å². The third-order valence-corrected chi connectivity index (χ3v) is 7.19. The molecule has 0 bridgehead atoms. The Labute approximate surface area is 226 Å². The Kier molecular flexibility index (Phi) is 6.62. The first-order valence-corrected chi connectivity index (χ1v) is 12.9. The minimum atomic E-state index is -0.185. The van der Waals surface area contributed by atoms with Crippen molar-refractivity contribution >= 4 is 17.3 Å². The number of amides is 1. The molecule has 1 aliphatic heterocycles. The summed E-state index contributed by atoms with van der Waals surface area (Å²) in [6, 6.07) is 23.3. The number of hydrogen-bond donors (Lipinski definition) is 0. The van der Waals surface area contributed by atoms with Gasteiger partial charge in [0.15, 0.2) is 11.5 Å². The highest BCUT2D eigenvalue weighted by atomic mass is 16.5. The van der Waals surface area contributed by atoms with Crippen molar-refractivity contribution in [1.29, 1.82) is 0 Å². The third kappa shape index (κ3) is 4.79. The summed E-state index contributed by atoms with van der Waals surface area (Å²) in [5.41, 5.74) is 4.36. The Bertz CT molecular complexity index is 1540. The van der Waals surface area contributed by atoms with Crippen LogP contribution in [0.15, 0.2) is 90.0 Å². The fourth-order valence-corrected chi connectivity index (χ4v) is 5.15. The van der Waals surface area contributed by atoms with Crippen LogP contribution in [0.25, 0.3) is 11.4 Å². The van der Waals surface area contributed by atoms with Crippen molar-refractivity contribution in [2.24, 2.45) is 16.9 Å². The zero-order valence-corrected chi connectivity index (χ0v) is 21.8. The normalized spacial score (nSPS) is 18.5. The number of hydrazone groups is 1. The number of fused-ring (bicyclic) bond motifs is 1. The van der Waals surface area contributed by atoms with Crippen molar-refractivity contribution in [3.8, 4) is 22.9 Å². The largest absolute Gasteiger partial charge is 0.493 e. The van der Waals surface area contributed by atoms with E-state index in [0.29, 0.717) is 36.0 Å². The van der Waals surface area contributed by atoms with Crippen LogP contribution in [0.1, 0.15) is 24.0 Å². The molecule has 39 heavy (non-hydrogen) atoms. The molecule has 6 rings (SSSR count). The molecule has 2 atom stereocenters. The second-order valence-electron chi connectivity index (χ2n) is 9.54. The van der Waals surface area contributed by atoms with E-state index >= 15 is 0 Å². The van der Waals surface area contributed by atoms with E-state index in [9.17, 15) is 4.79 Å². The maximum Gasteiger partial charge on any atom is 0.251 e. The molecular weight excluding hydrogens is 492 g/mol. The molecule has 0 saturated heterocycles. The number of benzene rings is 3. The number of rotatable bonds is 7. The van der Waals surface area contributed by atoms with Crippen LogP contribution < -0.4 is 14.5 Å². The molecule has 0 unspecified atom stereocenters. The highest BCUT2D eigenvalue weighted by Crippen LogP contribution is 2.38. The average molecular weight is 521 g/mol. The van der Waals surface area contributed by atoms with Gasteiger partial charge in [0.05, 0.1) is 38.1 Å². The molecule has 0 spiro atoms. The lowest BCUT2D eigenvalue weighted by molar-refractivity contribution is -0.123. The first-order valence-electron chi connectivity index (χ1n) is 12.9. The number of anilines is 1. The van der Waals surface area contributed by atoms with Gasteiger partial charge in [-0.3, -0.25) is 4.79 Å². The topological polar surface area (TPSA) is 94.7 Å². The monoisotopic (exact) mass is 520 g/mol. The van der Waals surface area contributed by atoms with Crippen LogP contribution in [0, 0.1) is 11.8 Å². The molecule has 0 N–H and O–H groups in total. The molecule has 1 amide bonds. The number of nitrogens with zero attached hydrogens (tertiary/aromatic N) is 6. The van der Waals surface area contributed by atoms with Crippen molar-refractivity contribution in [2.45, 2.75) is 19.4 Å². The molecule has 1 aromatic heterocycles. The van der Waals surface area contributed by atoms with Gasteiger partial charge in [-0.05, 0) is 66.1 Å². The lowest BCUT2D eigenvalue weighted by atomic mass is 9.76. The van der Waals surface area contributed by atoms with Crippen molar-refractivity contribution in [3.05, 3.63) is 96.1 Å². The Morgan fingerprint density at radius 3 is 2.31 bits per heavy atom. The average Bonchev–Trinajstić information content (AvgIpc) is 3.46. The molecular formula is C30H28N6O3. The Balaban J connectivity index is 1.30. The van der Waals surface area contributed by atoms with Gasteiger partial charge in [0, 0.05) is 17.0 Å². The quantitative estimate of drug-likeness (QED) is 0.327. The van der Waals surface area contributed by atoms with Gasteiger partial charge < -0.3 is 9.47 Å². The van der Waals surface area contributed by atoms with Gasteiger partial charge in [0.2, 0.25) is 5.82 Å². The fourth-order valence-electron chi connectivity index (χ4n) is 5.15. The molecule has 0 fully saturated rings. The second-order valence-corrected chi connectivity index (χ2v) is 9.54. The summed E-state index contributed by atoms with van der Waals surface area (Å²) in [5, 5.41) is 19.4. The molecule has 196 valence electrons. The Hall–Kier alpha value is -4.79. The maximum atomic E-state index is 13.6. The van der Waals surface area contributed by atoms with Crippen LogP contribution in [-0.2, 0) is 11.3 Å². The van der Waals surface area contributed by atoms with E-state index in [0.717, 1.165) is 28.8 Å². The number of allylic oxidation sites excluding steroid dienone is 2. The fraction of sp³-hybridized carbons (Fsp3) is 0.233. The number of tetrazole rings is 1. The summed E-state index contributed by atoms with van der Waals surface area (Å²) in [5.74, 6) is 1.61. The van der Waals surface area contributed by atoms with Gasteiger partial charge in [0.25, 0.3) is 5.91 Å². The Morgan fingerprint density at radius 2 is 1.56 bits per heavy atom. The number of carbonyl (C=O) groups excluding carboxylic acids is 1. The van der Waals surface area contributed by atoms with Gasteiger partial charge in [-0.1, -0.05) is 42.5 Å². The molecule has 0 radical (unpaired) electrons. The summed E-state index contributed by atoms with van der Waals surface area (Å²) in [6.45, 7) is 0.541. The van der Waals surface area contributed by atoms with Gasteiger partial charge in [-0.25, -0.2) is 5.01 Å². The van der Waals surface area contributed by atoms with Crippen LogP contribution in [0.2, 0.25) is 0 Å². The molecule has 9 heteroatoms. The zero-order valence-electron chi connectivity index (χ0n) is 21.8. The summed E-state index contributed by atoms with van der Waals surface area (Å²) in [4.78, 5) is 15.2. The highest BCUT2D eigenvalue weighted by molar-refractivity contribution is 6.11. The van der Waals surface area contributed by atoms with E-state index in [1.165, 1.54) is 5.01 Å². The van der Waals surface area contributed by atoms with Crippen LogP contribution in [0.5, 0.6) is 11.5 Å². The SMILES string of the molecule is COc1ccc(C2=NN(c3ccc(-c4nnn(Cc5ccccc5)n4)cc3)C(=O)[C@H]3CC=CC[C@@H]23)cc1OC. The summed E-state index contributed by atoms with van der Waals surface area (Å²) in [6.07, 6.45) is 5.66. The predicted molar refractivity (Wildman–Crippen MR) is 148 cm³/mol. The zero-order chi connectivity index (χ0) is 26.8. The minimum Gasteiger partial charge on any atom is -0.493 e. The van der Waals surface area contributed by atoms with Crippen LogP contribution >= 0.6 is 0 Å². The number of methoxy groups -OCH3 is 2. The molecule has 1 aliphatic carbocycles. The number of ether oxygens (including phenoxy) is 2. The van der Waals surface area contributed by atoms with E-state index < -0.39 is 0 Å². The summed E-state index contributed by atoms with van der Waals surface area (Å²) in [7, 11) is 3.23. The van der Waals surface area contributed by atoms with Gasteiger partial charge in [0.1, 0.15) is 0 Å². The van der Waals surface area contributed by atoms with Crippen LogP contribution in [0.3, 0.4) is 0 Å². The lowest BCUT2D eigenvalue weighted by Gasteiger charge is -2.37.